The van der Waals surface area contributed by atoms with Gasteiger partial charge in [-0.2, -0.15) is 13.2 Å². The highest BCUT2D eigenvalue weighted by Gasteiger charge is 2.30. The number of pyridine rings is 1. The van der Waals surface area contributed by atoms with Crippen molar-refractivity contribution in [1.29, 1.82) is 0 Å². The zero-order chi connectivity index (χ0) is 11.6. The topological polar surface area (TPSA) is 16.1 Å². The van der Waals surface area contributed by atoms with Crippen molar-refractivity contribution in [3.05, 3.63) is 22.3 Å². The average molecular weight is 283 g/mol. The fraction of sp³-hybridized carbons (Fsp3) is 0.444. The summed E-state index contributed by atoms with van der Waals surface area (Å²) in [5.74, 6) is 0.290. The van der Waals surface area contributed by atoms with Crippen LogP contribution in [-0.4, -0.2) is 24.8 Å². The lowest BCUT2D eigenvalue weighted by atomic mass is 10.3. The molecule has 0 aromatic carbocycles. The van der Waals surface area contributed by atoms with Gasteiger partial charge in [-0.05, 0) is 34.5 Å². The van der Waals surface area contributed by atoms with Crippen LogP contribution in [0.25, 0.3) is 0 Å². The second-order valence-electron chi connectivity index (χ2n) is 3.29. The first-order chi connectivity index (χ1) is 6.79. The first-order valence-corrected chi connectivity index (χ1v) is 4.99. The van der Waals surface area contributed by atoms with Gasteiger partial charge in [0.25, 0.3) is 0 Å². The van der Waals surface area contributed by atoms with Crippen LogP contribution in [0, 0.1) is 6.92 Å². The van der Waals surface area contributed by atoms with E-state index in [1.807, 2.05) is 6.92 Å². The smallest absolute Gasteiger partial charge is 0.350 e. The Hall–Kier alpha value is -0.780. The van der Waals surface area contributed by atoms with E-state index in [1.165, 1.54) is 13.2 Å². The predicted molar refractivity (Wildman–Crippen MR) is 56.0 cm³/mol. The van der Waals surface area contributed by atoms with Crippen LogP contribution in [0.4, 0.5) is 19.0 Å². The summed E-state index contributed by atoms with van der Waals surface area (Å²) in [6, 6.07) is 1.73. The van der Waals surface area contributed by atoms with Gasteiger partial charge in [0.05, 0.1) is 4.47 Å². The Bertz CT molecular complexity index is 352. The normalized spacial score (nSPS) is 11.6. The van der Waals surface area contributed by atoms with E-state index >= 15 is 0 Å². The van der Waals surface area contributed by atoms with Crippen molar-refractivity contribution in [3.8, 4) is 0 Å². The van der Waals surface area contributed by atoms with Crippen LogP contribution in [-0.2, 0) is 0 Å². The van der Waals surface area contributed by atoms with E-state index in [1.54, 1.807) is 6.07 Å². The molecule has 2 nitrogen and oxygen atoms in total. The first kappa shape index (κ1) is 12.3. The summed E-state index contributed by atoms with van der Waals surface area (Å²) in [7, 11) is 1.36. The lowest BCUT2D eigenvalue weighted by molar-refractivity contribution is -0.119. The van der Waals surface area contributed by atoms with Crippen LogP contribution in [0.15, 0.2) is 16.7 Å². The van der Waals surface area contributed by atoms with Crippen LogP contribution < -0.4 is 4.90 Å². The quantitative estimate of drug-likeness (QED) is 0.828. The average Bonchev–Trinajstić information content (AvgIpc) is 1.99. The fourth-order valence-corrected chi connectivity index (χ4v) is 1.92. The van der Waals surface area contributed by atoms with Gasteiger partial charge >= 0.3 is 6.18 Å². The van der Waals surface area contributed by atoms with Crippen molar-refractivity contribution in [3.63, 3.8) is 0 Å². The summed E-state index contributed by atoms with van der Waals surface area (Å²) in [6.45, 7) is 0.812. The van der Waals surface area contributed by atoms with Crippen molar-refractivity contribution in [1.82, 2.24) is 4.98 Å². The van der Waals surface area contributed by atoms with E-state index in [-0.39, 0.29) is 5.82 Å². The van der Waals surface area contributed by atoms with E-state index in [2.05, 4.69) is 20.9 Å². The number of anilines is 1. The number of aryl methyl sites for hydroxylation is 1. The Kier molecular flexibility index (Phi) is 3.59. The van der Waals surface area contributed by atoms with Gasteiger partial charge in [0.15, 0.2) is 0 Å². The van der Waals surface area contributed by atoms with Crippen molar-refractivity contribution in [2.24, 2.45) is 0 Å². The lowest BCUT2D eigenvalue weighted by Crippen LogP contribution is -2.31. The molecule has 0 N–H and O–H groups in total. The summed E-state index contributed by atoms with van der Waals surface area (Å²) >= 11 is 3.18. The molecular weight excluding hydrogens is 273 g/mol. The molecule has 0 aliphatic rings. The van der Waals surface area contributed by atoms with Crippen molar-refractivity contribution < 1.29 is 13.2 Å². The second-order valence-corrected chi connectivity index (χ2v) is 4.14. The van der Waals surface area contributed by atoms with E-state index in [0.29, 0.717) is 4.47 Å². The Morgan fingerprint density at radius 2 is 2.07 bits per heavy atom. The van der Waals surface area contributed by atoms with Gasteiger partial charge in [-0.1, -0.05) is 0 Å². The molecule has 0 bridgehead atoms. The van der Waals surface area contributed by atoms with Gasteiger partial charge in [0.1, 0.15) is 12.4 Å². The van der Waals surface area contributed by atoms with Gasteiger partial charge in [0, 0.05) is 13.2 Å². The lowest BCUT2D eigenvalue weighted by Gasteiger charge is -2.20. The summed E-state index contributed by atoms with van der Waals surface area (Å²) in [4.78, 5) is 5.00. The third kappa shape index (κ3) is 3.70. The summed E-state index contributed by atoms with van der Waals surface area (Å²) in [6.07, 6.45) is -2.69. The Balaban J connectivity index is 2.87. The molecule has 0 aliphatic carbocycles. The standard InChI is InChI=1S/C9H10BrF3N2/c1-6-3-7(10)8(14-4-6)15(2)5-9(11,12)13/h3-4H,5H2,1-2H3. The third-order valence-corrected chi connectivity index (χ3v) is 2.32. The van der Waals surface area contributed by atoms with Crippen LogP contribution in [0.2, 0.25) is 0 Å². The molecule has 15 heavy (non-hydrogen) atoms. The molecule has 1 aromatic heterocycles. The van der Waals surface area contributed by atoms with Crippen molar-refractivity contribution >= 4 is 21.7 Å². The van der Waals surface area contributed by atoms with Gasteiger partial charge in [0.2, 0.25) is 0 Å². The molecule has 1 heterocycles. The number of alkyl halides is 3. The summed E-state index contributed by atoms with van der Waals surface area (Å²) in [5, 5.41) is 0. The number of hydrogen-bond donors (Lipinski definition) is 0. The Morgan fingerprint density at radius 3 is 2.53 bits per heavy atom. The predicted octanol–water partition coefficient (Wildman–Crippen LogP) is 3.15. The molecule has 6 heteroatoms. The molecule has 84 valence electrons. The molecule has 0 amide bonds. The summed E-state index contributed by atoms with van der Waals surface area (Å²) < 4.78 is 36.9. The minimum atomic E-state index is -4.22. The van der Waals surface area contributed by atoms with Crippen LogP contribution in [0.3, 0.4) is 0 Å². The highest BCUT2D eigenvalue weighted by Crippen LogP contribution is 2.26. The second kappa shape index (κ2) is 4.38. The molecule has 0 aliphatic heterocycles. The van der Waals surface area contributed by atoms with Gasteiger partial charge in [-0.25, -0.2) is 4.98 Å². The van der Waals surface area contributed by atoms with E-state index in [0.717, 1.165) is 10.5 Å². The van der Waals surface area contributed by atoms with Crippen LogP contribution >= 0.6 is 15.9 Å². The first-order valence-electron chi connectivity index (χ1n) is 4.19. The number of rotatable bonds is 2. The summed E-state index contributed by atoms with van der Waals surface area (Å²) in [5.41, 5.74) is 0.894. The SMILES string of the molecule is Cc1cnc(N(C)CC(F)(F)F)c(Br)c1. The maximum Gasteiger partial charge on any atom is 0.405 e. The number of aromatic nitrogens is 1. The number of halogens is 4. The molecular formula is C9H10BrF3N2. The van der Waals surface area contributed by atoms with E-state index < -0.39 is 12.7 Å². The molecule has 0 fully saturated rings. The molecule has 0 unspecified atom stereocenters. The number of nitrogens with zero attached hydrogens (tertiary/aromatic N) is 2. The molecule has 0 atom stereocenters. The third-order valence-electron chi connectivity index (χ3n) is 1.74. The minimum Gasteiger partial charge on any atom is -0.350 e. The number of hydrogen-bond acceptors (Lipinski definition) is 2. The largest absolute Gasteiger partial charge is 0.405 e. The van der Waals surface area contributed by atoms with Crippen molar-refractivity contribution in [2.75, 3.05) is 18.5 Å². The molecule has 0 saturated carbocycles. The van der Waals surface area contributed by atoms with E-state index in [4.69, 9.17) is 0 Å². The zero-order valence-corrected chi connectivity index (χ0v) is 9.85. The minimum absolute atomic E-state index is 0.290. The van der Waals surface area contributed by atoms with Gasteiger partial charge in [-0.15, -0.1) is 0 Å². The molecule has 0 spiro atoms. The van der Waals surface area contributed by atoms with Gasteiger partial charge < -0.3 is 4.90 Å². The molecule has 1 aromatic rings. The Labute approximate surface area is 94.2 Å². The van der Waals surface area contributed by atoms with Crippen LogP contribution in [0.5, 0.6) is 0 Å². The molecule has 0 radical (unpaired) electrons. The van der Waals surface area contributed by atoms with Crippen molar-refractivity contribution in [2.45, 2.75) is 13.1 Å². The van der Waals surface area contributed by atoms with E-state index in [9.17, 15) is 13.2 Å². The zero-order valence-electron chi connectivity index (χ0n) is 8.27. The van der Waals surface area contributed by atoms with Gasteiger partial charge in [-0.3, -0.25) is 0 Å². The Morgan fingerprint density at radius 1 is 1.47 bits per heavy atom. The molecule has 0 saturated heterocycles. The monoisotopic (exact) mass is 282 g/mol. The fourth-order valence-electron chi connectivity index (χ4n) is 1.15. The highest BCUT2D eigenvalue weighted by molar-refractivity contribution is 9.10. The highest BCUT2D eigenvalue weighted by atomic mass is 79.9. The molecule has 1 rings (SSSR count). The maximum absolute atomic E-state index is 12.1. The van der Waals surface area contributed by atoms with Crippen LogP contribution in [0.1, 0.15) is 5.56 Å². The maximum atomic E-state index is 12.1.